The van der Waals surface area contributed by atoms with E-state index in [1.54, 1.807) is 6.20 Å². The molecule has 0 bridgehead atoms. The van der Waals surface area contributed by atoms with Crippen LogP contribution in [0.1, 0.15) is 13.8 Å². The maximum Gasteiger partial charge on any atom is 0.0443 e. The minimum absolute atomic E-state index is 1.14. The fraction of sp³-hybridized carbons (Fsp3) is 0.333. The molecule has 0 spiro atoms. The predicted octanol–water partition coefficient (Wildman–Crippen LogP) is 1.63. The maximum absolute atomic E-state index is 6.54. The van der Waals surface area contributed by atoms with E-state index in [2.05, 4.69) is 4.99 Å². The Hall–Kier alpha value is -0.920. The van der Waals surface area contributed by atoms with Crippen LogP contribution in [0.4, 0.5) is 0 Å². The summed E-state index contributed by atoms with van der Waals surface area (Å²) < 4.78 is 0. The number of hydrogen-bond donors (Lipinski definition) is 1. The first-order chi connectivity index (χ1) is 3.77. The normalized spacial score (nSPS) is 9.25. The molecule has 8 heavy (non-hydrogen) atoms. The molecule has 0 rings (SSSR count). The van der Waals surface area contributed by atoms with Crippen LogP contribution in [0.25, 0.3) is 0 Å². The zero-order valence-electron chi connectivity index (χ0n) is 5.18. The van der Waals surface area contributed by atoms with E-state index in [1.165, 1.54) is 6.21 Å². The standard InChI is InChI=1S/C6H10N2/c1-6(2)5-8-4-3-7/h3-5,7H,1-2H3/b7-3?,8-4-. The summed E-state index contributed by atoms with van der Waals surface area (Å²) in [5.41, 5.74) is 1.14. The Morgan fingerprint density at radius 1 is 1.50 bits per heavy atom. The van der Waals surface area contributed by atoms with E-state index < -0.39 is 0 Å². The summed E-state index contributed by atoms with van der Waals surface area (Å²) in [7, 11) is 0. The SMILES string of the molecule is CC(C)=C/N=C\C=N. The second kappa shape index (κ2) is 4.24. The van der Waals surface area contributed by atoms with E-state index in [4.69, 9.17) is 5.41 Å². The highest BCUT2D eigenvalue weighted by Crippen LogP contribution is 1.85. The molecule has 1 N–H and O–H groups in total. The lowest BCUT2D eigenvalue weighted by Crippen LogP contribution is -1.68. The van der Waals surface area contributed by atoms with Gasteiger partial charge in [-0.15, -0.1) is 0 Å². The first-order valence-corrected chi connectivity index (χ1v) is 2.43. The van der Waals surface area contributed by atoms with Crippen LogP contribution in [-0.2, 0) is 0 Å². The number of aliphatic imine (C=N–C) groups is 1. The molecular formula is C6H10N2. The first kappa shape index (κ1) is 7.08. The van der Waals surface area contributed by atoms with Crippen molar-refractivity contribution in [1.82, 2.24) is 0 Å². The predicted molar refractivity (Wildman–Crippen MR) is 36.7 cm³/mol. The molecule has 0 atom stereocenters. The highest BCUT2D eigenvalue weighted by Gasteiger charge is 1.67. The van der Waals surface area contributed by atoms with Crippen molar-refractivity contribution < 1.29 is 0 Å². The van der Waals surface area contributed by atoms with Gasteiger partial charge in [0, 0.05) is 18.6 Å². The second-order valence-corrected chi connectivity index (χ2v) is 1.67. The van der Waals surface area contributed by atoms with Crippen molar-refractivity contribution in [2.24, 2.45) is 4.99 Å². The van der Waals surface area contributed by atoms with Crippen molar-refractivity contribution in [3.63, 3.8) is 0 Å². The van der Waals surface area contributed by atoms with Crippen LogP contribution in [0.5, 0.6) is 0 Å². The van der Waals surface area contributed by atoms with Crippen molar-refractivity contribution in [2.45, 2.75) is 13.8 Å². The third-order valence-corrected chi connectivity index (χ3v) is 0.493. The van der Waals surface area contributed by atoms with Crippen LogP contribution in [0.3, 0.4) is 0 Å². The molecule has 44 valence electrons. The van der Waals surface area contributed by atoms with Gasteiger partial charge in [0.25, 0.3) is 0 Å². The fourth-order valence-electron chi connectivity index (χ4n) is 0.235. The summed E-state index contributed by atoms with van der Waals surface area (Å²) in [5, 5.41) is 6.54. The van der Waals surface area contributed by atoms with Crippen molar-refractivity contribution in [3.05, 3.63) is 11.8 Å². The summed E-state index contributed by atoms with van der Waals surface area (Å²) in [4.78, 5) is 3.76. The lowest BCUT2D eigenvalue weighted by Gasteiger charge is -1.78. The Kier molecular flexibility index (Phi) is 3.76. The van der Waals surface area contributed by atoms with Crippen LogP contribution < -0.4 is 0 Å². The molecular weight excluding hydrogens is 100 g/mol. The Labute approximate surface area is 49.5 Å². The van der Waals surface area contributed by atoms with E-state index in [9.17, 15) is 0 Å². The third kappa shape index (κ3) is 5.08. The molecule has 0 aliphatic rings. The van der Waals surface area contributed by atoms with Gasteiger partial charge in [-0.1, -0.05) is 5.57 Å². The van der Waals surface area contributed by atoms with Crippen molar-refractivity contribution in [1.29, 1.82) is 5.41 Å². The maximum atomic E-state index is 6.54. The molecule has 0 saturated heterocycles. The lowest BCUT2D eigenvalue weighted by molar-refractivity contribution is 1.34. The molecule has 0 heterocycles. The molecule has 0 aromatic rings. The first-order valence-electron chi connectivity index (χ1n) is 2.43. The van der Waals surface area contributed by atoms with Gasteiger partial charge < -0.3 is 5.41 Å². The number of nitrogens with zero attached hydrogens (tertiary/aromatic N) is 1. The summed E-state index contributed by atoms with van der Waals surface area (Å²) >= 11 is 0. The number of hydrogen-bond acceptors (Lipinski definition) is 2. The number of allylic oxidation sites excluding steroid dienone is 1. The van der Waals surface area contributed by atoms with E-state index in [0.717, 1.165) is 11.8 Å². The minimum atomic E-state index is 1.14. The average molecular weight is 110 g/mol. The molecule has 0 aliphatic heterocycles. The highest BCUT2D eigenvalue weighted by atomic mass is 14.7. The molecule has 0 fully saturated rings. The van der Waals surface area contributed by atoms with Gasteiger partial charge in [0.2, 0.25) is 0 Å². The monoisotopic (exact) mass is 110 g/mol. The molecule has 2 heteroatoms. The summed E-state index contributed by atoms with van der Waals surface area (Å²) in [5.74, 6) is 0. The van der Waals surface area contributed by atoms with Gasteiger partial charge >= 0.3 is 0 Å². The van der Waals surface area contributed by atoms with Crippen LogP contribution in [-0.4, -0.2) is 12.4 Å². The van der Waals surface area contributed by atoms with E-state index in [1.807, 2.05) is 13.8 Å². The van der Waals surface area contributed by atoms with Gasteiger partial charge in [0.15, 0.2) is 0 Å². The van der Waals surface area contributed by atoms with Crippen LogP contribution >= 0.6 is 0 Å². The lowest BCUT2D eigenvalue weighted by atomic mass is 10.4. The van der Waals surface area contributed by atoms with Crippen molar-refractivity contribution in [2.75, 3.05) is 0 Å². The van der Waals surface area contributed by atoms with E-state index >= 15 is 0 Å². The Balaban J connectivity index is 3.57. The third-order valence-electron chi connectivity index (χ3n) is 0.493. The van der Waals surface area contributed by atoms with Gasteiger partial charge in [-0.2, -0.15) is 0 Å². The average Bonchev–Trinajstić information content (AvgIpc) is 1.66. The molecule has 0 unspecified atom stereocenters. The molecule has 0 aliphatic carbocycles. The van der Waals surface area contributed by atoms with Crippen LogP contribution in [0.2, 0.25) is 0 Å². The van der Waals surface area contributed by atoms with E-state index in [-0.39, 0.29) is 0 Å². The van der Waals surface area contributed by atoms with E-state index in [0.29, 0.717) is 0 Å². The van der Waals surface area contributed by atoms with Crippen molar-refractivity contribution >= 4 is 12.4 Å². The molecule has 0 radical (unpaired) electrons. The second-order valence-electron chi connectivity index (χ2n) is 1.67. The quantitative estimate of drug-likeness (QED) is 0.524. The minimum Gasteiger partial charge on any atom is -0.307 e. The van der Waals surface area contributed by atoms with Gasteiger partial charge in [-0.3, -0.25) is 4.99 Å². The highest BCUT2D eigenvalue weighted by molar-refractivity contribution is 6.14. The Morgan fingerprint density at radius 3 is 2.50 bits per heavy atom. The number of rotatable bonds is 2. The van der Waals surface area contributed by atoms with Crippen LogP contribution in [0, 0.1) is 5.41 Å². The van der Waals surface area contributed by atoms with Crippen LogP contribution in [0.15, 0.2) is 16.8 Å². The molecule has 0 aromatic heterocycles. The zero-order valence-corrected chi connectivity index (χ0v) is 5.18. The zero-order chi connectivity index (χ0) is 6.41. The number of nitrogens with one attached hydrogen (secondary N) is 1. The molecule has 0 saturated carbocycles. The summed E-state index contributed by atoms with van der Waals surface area (Å²) in [6, 6.07) is 0. The molecule has 2 nitrogen and oxygen atoms in total. The smallest absolute Gasteiger partial charge is 0.0443 e. The topological polar surface area (TPSA) is 36.2 Å². The van der Waals surface area contributed by atoms with Crippen molar-refractivity contribution in [3.8, 4) is 0 Å². The largest absolute Gasteiger partial charge is 0.307 e. The molecule has 0 amide bonds. The molecule has 0 aromatic carbocycles. The fourth-order valence-corrected chi connectivity index (χ4v) is 0.235. The Bertz CT molecular complexity index is 118. The van der Waals surface area contributed by atoms with Gasteiger partial charge in [-0.25, -0.2) is 0 Å². The Morgan fingerprint density at radius 2 is 2.12 bits per heavy atom. The van der Waals surface area contributed by atoms with Gasteiger partial charge in [0.1, 0.15) is 0 Å². The summed E-state index contributed by atoms with van der Waals surface area (Å²) in [6.07, 6.45) is 4.30. The summed E-state index contributed by atoms with van der Waals surface area (Å²) in [6.45, 7) is 3.92. The van der Waals surface area contributed by atoms with Gasteiger partial charge in [-0.05, 0) is 13.8 Å². The van der Waals surface area contributed by atoms with Gasteiger partial charge in [0.05, 0.1) is 0 Å².